The van der Waals surface area contributed by atoms with Crippen molar-refractivity contribution in [1.29, 1.82) is 0 Å². The molecule has 2 aromatic rings. The molecule has 2 N–H and O–H groups in total. The summed E-state index contributed by atoms with van der Waals surface area (Å²) in [5.74, 6) is 0.304. The Kier molecular flexibility index (Phi) is 5.00. The zero-order valence-electron chi connectivity index (χ0n) is 13.9. The summed E-state index contributed by atoms with van der Waals surface area (Å²) < 4.78 is 0. The maximum Gasteiger partial charge on any atom is 0.243 e. The average Bonchev–Trinajstić information content (AvgIpc) is 3.24. The van der Waals surface area contributed by atoms with Crippen molar-refractivity contribution in [2.24, 2.45) is 0 Å². The van der Waals surface area contributed by atoms with E-state index in [1.807, 2.05) is 17.5 Å². The Labute approximate surface area is 146 Å². The minimum Gasteiger partial charge on any atom is -0.344 e. The van der Waals surface area contributed by atoms with Crippen LogP contribution in [0.1, 0.15) is 54.7 Å². The summed E-state index contributed by atoms with van der Waals surface area (Å²) in [5.41, 5.74) is 2.33. The molecule has 0 saturated carbocycles. The fourth-order valence-electron chi connectivity index (χ4n) is 2.90. The van der Waals surface area contributed by atoms with Gasteiger partial charge in [0.1, 0.15) is 6.04 Å². The first kappa shape index (κ1) is 16.7. The molecule has 1 aromatic carbocycles. The van der Waals surface area contributed by atoms with Gasteiger partial charge in [-0.1, -0.05) is 44.2 Å². The number of rotatable bonds is 5. The lowest BCUT2D eigenvalue weighted by atomic mass is 9.98. The van der Waals surface area contributed by atoms with Crippen LogP contribution in [0.5, 0.6) is 0 Å². The summed E-state index contributed by atoms with van der Waals surface area (Å²) in [4.78, 5) is 25.0. The largest absolute Gasteiger partial charge is 0.344 e. The Morgan fingerprint density at radius 2 is 1.92 bits per heavy atom. The number of benzene rings is 1. The third-order valence-corrected chi connectivity index (χ3v) is 5.30. The highest BCUT2D eigenvalue weighted by atomic mass is 32.1. The Morgan fingerprint density at radius 3 is 2.46 bits per heavy atom. The lowest BCUT2D eigenvalue weighted by molar-refractivity contribution is -0.126. The molecule has 0 bridgehead atoms. The first-order valence-electron chi connectivity index (χ1n) is 8.27. The molecule has 5 heteroatoms. The van der Waals surface area contributed by atoms with Crippen LogP contribution in [0.4, 0.5) is 0 Å². The van der Waals surface area contributed by atoms with Gasteiger partial charge in [0.25, 0.3) is 0 Å². The molecule has 1 aliphatic rings. The summed E-state index contributed by atoms with van der Waals surface area (Å²) in [6, 6.07) is 11.8. The molecular weight excluding hydrogens is 320 g/mol. The van der Waals surface area contributed by atoms with Gasteiger partial charge in [-0.3, -0.25) is 9.59 Å². The van der Waals surface area contributed by atoms with Crippen molar-refractivity contribution in [2.75, 3.05) is 0 Å². The summed E-state index contributed by atoms with van der Waals surface area (Å²) in [5, 5.41) is 7.84. The molecule has 1 aliphatic heterocycles. The van der Waals surface area contributed by atoms with Gasteiger partial charge in [0.2, 0.25) is 11.8 Å². The number of carbonyl (C=O) groups is 2. The van der Waals surface area contributed by atoms with Crippen molar-refractivity contribution in [3.05, 3.63) is 57.8 Å². The topological polar surface area (TPSA) is 58.2 Å². The SMILES string of the molecule is CC(C)c1ccc(C(NC(=O)[C@H]2CCC(=O)N2)c2cccs2)cc1. The molecule has 1 saturated heterocycles. The van der Waals surface area contributed by atoms with Crippen LogP contribution in [0.2, 0.25) is 0 Å². The maximum absolute atomic E-state index is 12.5. The highest BCUT2D eigenvalue weighted by Gasteiger charge is 2.29. The van der Waals surface area contributed by atoms with Crippen molar-refractivity contribution in [1.82, 2.24) is 10.6 Å². The van der Waals surface area contributed by atoms with Gasteiger partial charge in [0.05, 0.1) is 6.04 Å². The highest BCUT2D eigenvalue weighted by molar-refractivity contribution is 7.10. The number of thiophene rings is 1. The molecule has 1 fully saturated rings. The highest BCUT2D eigenvalue weighted by Crippen LogP contribution is 2.28. The number of nitrogens with one attached hydrogen (secondary N) is 2. The van der Waals surface area contributed by atoms with Crippen LogP contribution in [0.3, 0.4) is 0 Å². The van der Waals surface area contributed by atoms with E-state index in [4.69, 9.17) is 0 Å². The Morgan fingerprint density at radius 1 is 1.21 bits per heavy atom. The molecule has 0 aliphatic carbocycles. The van der Waals surface area contributed by atoms with E-state index in [0.29, 0.717) is 18.8 Å². The monoisotopic (exact) mass is 342 g/mol. The normalized spacial score (nSPS) is 18.5. The molecule has 24 heavy (non-hydrogen) atoms. The smallest absolute Gasteiger partial charge is 0.243 e. The Hall–Kier alpha value is -2.14. The van der Waals surface area contributed by atoms with Crippen LogP contribution in [0, 0.1) is 0 Å². The molecule has 126 valence electrons. The first-order valence-corrected chi connectivity index (χ1v) is 9.15. The third kappa shape index (κ3) is 3.67. The summed E-state index contributed by atoms with van der Waals surface area (Å²) in [6.07, 6.45) is 0.985. The van der Waals surface area contributed by atoms with Gasteiger partial charge in [0.15, 0.2) is 0 Å². The molecule has 3 rings (SSSR count). The second-order valence-corrected chi connectivity index (χ2v) is 7.42. The molecule has 0 radical (unpaired) electrons. The van der Waals surface area contributed by atoms with E-state index < -0.39 is 6.04 Å². The zero-order chi connectivity index (χ0) is 17.1. The van der Waals surface area contributed by atoms with Gasteiger partial charge in [0, 0.05) is 11.3 Å². The lowest BCUT2D eigenvalue weighted by Crippen LogP contribution is -2.43. The van der Waals surface area contributed by atoms with Crippen molar-refractivity contribution >= 4 is 23.2 Å². The van der Waals surface area contributed by atoms with Gasteiger partial charge < -0.3 is 10.6 Å². The first-order chi connectivity index (χ1) is 11.5. The second-order valence-electron chi connectivity index (χ2n) is 6.44. The molecule has 1 unspecified atom stereocenters. The van der Waals surface area contributed by atoms with Crippen LogP contribution in [-0.2, 0) is 9.59 Å². The summed E-state index contributed by atoms with van der Waals surface area (Å²) in [7, 11) is 0. The minimum atomic E-state index is -0.421. The van der Waals surface area contributed by atoms with Crippen molar-refractivity contribution in [2.45, 2.75) is 44.7 Å². The van der Waals surface area contributed by atoms with Crippen LogP contribution in [0.25, 0.3) is 0 Å². The fraction of sp³-hybridized carbons (Fsp3) is 0.368. The fourth-order valence-corrected chi connectivity index (χ4v) is 3.70. The van der Waals surface area contributed by atoms with Gasteiger partial charge in [-0.05, 0) is 34.9 Å². The standard InChI is InChI=1S/C19H22N2O2S/c1-12(2)13-5-7-14(8-6-13)18(16-4-3-11-24-16)21-19(23)15-9-10-17(22)20-15/h3-8,11-12,15,18H,9-10H2,1-2H3,(H,20,22)(H,21,23)/t15-,18?/m1/s1. The van der Waals surface area contributed by atoms with Crippen LogP contribution in [0.15, 0.2) is 41.8 Å². The van der Waals surface area contributed by atoms with E-state index in [1.54, 1.807) is 11.3 Å². The zero-order valence-corrected chi connectivity index (χ0v) is 14.7. The predicted molar refractivity (Wildman–Crippen MR) is 96.0 cm³/mol. The van der Waals surface area contributed by atoms with E-state index in [2.05, 4.69) is 48.7 Å². The van der Waals surface area contributed by atoms with E-state index in [-0.39, 0.29) is 17.9 Å². The Balaban J connectivity index is 1.81. The molecule has 2 amide bonds. The van der Waals surface area contributed by atoms with Crippen LogP contribution >= 0.6 is 11.3 Å². The molecular formula is C19H22N2O2S. The van der Waals surface area contributed by atoms with Gasteiger partial charge in [-0.25, -0.2) is 0 Å². The van der Waals surface area contributed by atoms with Gasteiger partial charge >= 0.3 is 0 Å². The number of hydrogen-bond acceptors (Lipinski definition) is 3. The van der Waals surface area contributed by atoms with Crippen molar-refractivity contribution < 1.29 is 9.59 Å². The quantitative estimate of drug-likeness (QED) is 0.875. The number of hydrogen-bond donors (Lipinski definition) is 2. The second kappa shape index (κ2) is 7.18. The Bertz CT molecular complexity index is 707. The number of carbonyl (C=O) groups excluding carboxylic acids is 2. The molecule has 2 atom stereocenters. The number of amides is 2. The summed E-state index contributed by atoms with van der Waals surface area (Å²) in [6.45, 7) is 4.33. The van der Waals surface area contributed by atoms with E-state index in [9.17, 15) is 9.59 Å². The van der Waals surface area contributed by atoms with Crippen molar-refractivity contribution in [3.63, 3.8) is 0 Å². The van der Waals surface area contributed by atoms with E-state index >= 15 is 0 Å². The predicted octanol–water partition coefficient (Wildman–Crippen LogP) is 3.36. The third-order valence-electron chi connectivity index (χ3n) is 4.36. The minimum absolute atomic E-state index is 0.0518. The van der Waals surface area contributed by atoms with Gasteiger partial charge in [-0.2, -0.15) is 0 Å². The molecule has 4 nitrogen and oxygen atoms in total. The lowest BCUT2D eigenvalue weighted by Gasteiger charge is -2.21. The molecule has 0 spiro atoms. The maximum atomic E-state index is 12.5. The van der Waals surface area contributed by atoms with E-state index in [1.165, 1.54) is 5.56 Å². The summed E-state index contributed by atoms with van der Waals surface area (Å²) >= 11 is 1.62. The van der Waals surface area contributed by atoms with E-state index in [0.717, 1.165) is 10.4 Å². The van der Waals surface area contributed by atoms with Gasteiger partial charge in [-0.15, -0.1) is 11.3 Å². The van der Waals surface area contributed by atoms with Crippen LogP contribution in [-0.4, -0.2) is 17.9 Å². The van der Waals surface area contributed by atoms with Crippen LogP contribution < -0.4 is 10.6 Å². The average molecular weight is 342 g/mol. The molecule has 1 aromatic heterocycles. The molecule has 2 heterocycles. The van der Waals surface area contributed by atoms with Crippen molar-refractivity contribution in [3.8, 4) is 0 Å².